The average molecular weight is 390 g/mol. The summed E-state index contributed by atoms with van der Waals surface area (Å²) in [5, 5.41) is 8.85. The molecule has 28 heavy (non-hydrogen) atoms. The summed E-state index contributed by atoms with van der Waals surface area (Å²) >= 11 is 0. The van der Waals surface area contributed by atoms with Crippen LogP contribution in [0.4, 0.5) is 13.2 Å². The number of benzene rings is 1. The van der Waals surface area contributed by atoms with Crippen LogP contribution < -0.4 is 4.74 Å². The summed E-state index contributed by atoms with van der Waals surface area (Å²) in [5.41, 5.74) is -1.20. The van der Waals surface area contributed by atoms with Crippen molar-refractivity contribution in [2.24, 2.45) is 9.98 Å². The second-order valence-corrected chi connectivity index (χ2v) is 6.32. The minimum Gasteiger partial charge on any atom is -0.490 e. The fraction of sp³-hybridized carbons (Fsp3) is 0.368. The molecule has 6 nitrogen and oxygen atoms in total. The van der Waals surface area contributed by atoms with E-state index in [-0.39, 0.29) is 23.5 Å². The van der Waals surface area contributed by atoms with Gasteiger partial charge in [0.25, 0.3) is 5.91 Å². The quantitative estimate of drug-likeness (QED) is 0.794. The Morgan fingerprint density at radius 2 is 2.00 bits per heavy atom. The first kappa shape index (κ1) is 19.6. The zero-order valence-electron chi connectivity index (χ0n) is 14.8. The molecular weight excluding hydrogens is 373 g/mol. The predicted molar refractivity (Wildman–Crippen MR) is 96.1 cm³/mol. The first-order chi connectivity index (χ1) is 13.4. The molecule has 1 aromatic carbocycles. The van der Waals surface area contributed by atoms with Gasteiger partial charge in [-0.3, -0.25) is 14.8 Å². The molecule has 9 heteroatoms. The van der Waals surface area contributed by atoms with Gasteiger partial charge in [-0.2, -0.15) is 18.4 Å². The number of amides is 1. The molecule has 0 radical (unpaired) electrons. The standard InChI is InChI=1S/C19H17F3N4O2/c20-19(21,22)16-10-15(3-2-13(16)11-23)28-14-4-8-26(9-5-14)18(27)17-12-24-6-1-7-25-17/h2-3,6-7,10,12,14H,1,4-5,8-9H2. The van der Waals surface area contributed by atoms with Crippen molar-refractivity contribution in [3.05, 3.63) is 41.2 Å². The number of piperidine rings is 1. The third-order valence-electron chi connectivity index (χ3n) is 4.41. The Morgan fingerprint density at radius 3 is 2.68 bits per heavy atom. The van der Waals surface area contributed by atoms with E-state index >= 15 is 0 Å². The molecule has 0 saturated carbocycles. The molecule has 0 atom stereocenters. The van der Waals surface area contributed by atoms with Gasteiger partial charge in [-0.15, -0.1) is 0 Å². The number of likely N-dealkylation sites (tertiary alicyclic amines) is 1. The smallest absolute Gasteiger partial charge is 0.417 e. The molecule has 0 unspecified atom stereocenters. The Bertz CT molecular complexity index is 876. The summed E-state index contributed by atoms with van der Waals surface area (Å²) < 4.78 is 44.9. The number of hydrogen-bond acceptors (Lipinski definition) is 5. The molecule has 1 fully saturated rings. The first-order valence-corrected chi connectivity index (χ1v) is 8.70. The van der Waals surface area contributed by atoms with Gasteiger partial charge in [0.15, 0.2) is 0 Å². The molecule has 0 bridgehead atoms. The molecule has 2 aliphatic heterocycles. The lowest BCUT2D eigenvalue weighted by Gasteiger charge is -2.32. The summed E-state index contributed by atoms with van der Waals surface area (Å²) in [6, 6.07) is 4.85. The van der Waals surface area contributed by atoms with Crippen LogP contribution in [0.5, 0.6) is 5.75 Å². The van der Waals surface area contributed by atoms with Gasteiger partial charge in [-0.05, 0) is 18.2 Å². The minimum atomic E-state index is -4.63. The predicted octanol–water partition coefficient (Wildman–Crippen LogP) is 3.33. The van der Waals surface area contributed by atoms with Crippen molar-refractivity contribution in [2.75, 3.05) is 13.1 Å². The van der Waals surface area contributed by atoms with Gasteiger partial charge in [0, 0.05) is 44.8 Å². The maximum absolute atomic E-state index is 13.1. The number of nitriles is 1. The number of rotatable bonds is 3. The lowest BCUT2D eigenvalue weighted by atomic mass is 10.1. The first-order valence-electron chi connectivity index (χ1n) is 8.70. The summed E-state index contributed by atoms with van der Waals surface area (Å²) in [5.74, 6) is -0.173. The largest absolute Gasteiger partial charge is 0.490 e. The number of aliphatic imine (C=N–C) groups is 2. The SMILES string of the molecule is N#Cc1ccc(OC2CCN(C(=O)C3=CN=CCC=N3)CC2)cc1C(F)(F)F. The van der Waals surface area contributed by atoms with Gasteiger partial charge in [-0.1, -0.05) is 0 Å². The van der Waals surface area contributed by atoms with Gasteiger partial charge in [0.2, 0.25) is 0 Å². The molecule has 0 aromatic heterocycles. The minimum absolute atomic E-state index is 0.0570. The Hall–Kier alpha value is -3.15. The van der Waals surface area contributed by atoms with Crippen LogP contribution in [-0.2, 0) is 11.0 Å². The second-order valence-electron chi connectivity index (χ2n) is 6.32. The van der Waals surface area contributed by atoms with E-state index < -0.39 is 17.3 Å². The molecular formula is C19H17F3N4O2. The Kier molecular flexibility index (Phi) is 5.78. The van der Waals surface area contributed by atoms with Crippen LogP contribution in [-0.4, -0.2) is 42.4 Å². The van der Waals surface area contributed by atoms with Gasteiger partial charge >= 0.3 is 6.18 Å². The maximum atomic E-state index is 13.1. The van der Waals surface area contributed by atoms with E-state index in [0.717, 1.165) is 12.1 Å². The van der Waals surface area contributed by atoms with Crippen LogP contribution >= 0.6 is 0 Å². The Morgan fingerprint density at radius 1 is 1.25 bits per heavy atom. The zero-order valence-corrected chi connectivity index (χ0v) is 14.8. The van der Waals surface area contributed by atoms with Crippen molar-refractivity contribution >= 4 is 18.3 Å². The van der Waals surface area contributed by atoms with Crippen LogP contribution in [0.2, 0.25) is 0 Å². The van der Waals surface area contributed by atoms with Crippen LogP contribution in [0.3, 0.4) is 0 Å². The van der Waals surface area contributed by atoms with Crippen LogP contribution in [0.15, 0.2) is 40.1 Å². The Labute approximate surface area is 159 Å². The molecule has 146 valence electrons. The van der Waals surface area contributed by atoms with Crippen molar-refractivity contribution in [1.82, 2.24) is 4.90 Å². The van der Waals surface area contributed by atoms with Gasteiger partial charge in [-0.25, -0.2) is 0 Å². The highest BCUT2D eigenvalue weighted by atomic mass is 19.4. The average Bonchev–Trinajstić information content (AvgIpc) is 2.97. The van der Waals surface area contributed by atoms with E-state index in [0.29, 0.717) is 32.4 Å². The van der Waals surface area contributed by atoms with E-state index in [9.17, 15) is 18.0 Å². The fourth-order valence-corrected chi connectivity index (χ4v) is 2.99. The second kappa shape index (κ2) is 8.25. The topological polar surface area (TPSA) is 78.0 Å². The van der Waals surface area contributed by atoms with Crippen LogP contribution in [0.25, 0.3) is 0 Å². The van der Waals surface area contributed by atoms with E-state index in [2.05, 4.69) is 9.98 Å². The van der Waals surface area contributed by atoms with Crippen LogP contribution in [0.1, 0.15) is 30.4 Å². The van der Waals surface area contributed by atoms with Gasteiger partial charge < -0.3 is 9.64 Å². The highest BCUT2D eigenvalue weighted by Gasteiger charge is 2.34. The molecule has 2 heterocycles. The number of nitrogens with zero attached hydrogens (tertiary/aromatic N) is 4. The number of carbonyl (C=O) groups is 1. The normalized spacial score (nSPS) is 17.6. The lowest BCUT2D eigenvalue weighted by molar-refractivity contribution is -0.138. The molecule has 1 amide bonds. The van der Waals surface area contributed by atoms with E-state index in [1.165, 1.54) is 12.3 Å². The molecule has 1 aromatic rings. The van der Waals surface area contributed by atoms with Crippen molar-refractivity contribution < 1.29 is 22.7 Å². The molecule has 1 saturated heterocycles. The van der Waals surface area contributed by atoms with E-state index in [1.54, 1.807) is 23.4 Å². The number of carbonyl (C=O) groups excluding carboxylic acids is 1. The highest BCUT2D eigenvalue weighted by Crippen LogP contribution is 2.34. The summed E-state index contributed by atoms with van der Waals surface area (Å²) in [6.45, 7) is 0.810. The summed E-state index contributed by atoms with van der Waals surface area (Å²) in [7, 11) is 0. The number of hydrogen-bond donors (Lipinski definition) is 0. The number of ether oxygens (including phenoxy) is 1. The van der Waals surface area contributed by atoms with Gasteiger partial charge in [0.05, 0.1) is 23.4 Å². The zero-order chi connectivity index (χ0) is 20.1. The third kappa shape index (κ3) is 4.57. The van der Waals surface area contributed by atoms with Crippen LogP contribution in [0, 0.1) is 11.3 Å². The fourth-order valence-electron chi connectivity index (χ4n) is 2.99. The van der Waals surface area contributed by atoms with E-state index in [1.807, 2.05) is 0 Å². The van der Waals surface area contributed by atoms with E-state index in [4.69, 9.17) is 10.00 Å². The lowest BCUT2D eigenvalue weighted by Crippen LogP contribution is -2.42. The molecule has 0 spiro atoms. The van der Waals surface area contributed by atoms with Crippen molar-refractivity contribution in [1.29, 1.82) is 5.26 Å². The maximum Gasteiger partial charge on any atom is 0.417 e. The number of alkyl halides is 3. The van der Waals surface area contributed by atoms with Gasteiger partial charge in [0.1, 0.15) is 17.6 Å². The third-order valence-corrected chi connectivity index (χ3v) is 4.41. The van der Waals surface area contributed by atoms with Crippen molar-refractivity contribution in [2.45, 2.75) is 31.5 Å². The summed E-state index contributed by atoms with van der Waals surface area (Å²) in [4.78, 5) is 22.2. The van der Waals surface area contributed by atoms with Crippen molar-refractivity contribution in [3.63, 3.8) is 0 Å². The Balaban J connectivity index is 1.62. The molecule has 3 rings (SSSR count). The highest BCUT2D eigenvalue weighted by molar-refractivity contribution is 5.96. The molecule has 0 aliphatic carbocycles. The number of halogens is 3. The monoisotopic (exact) mass is 390 g/mol. The molecule has 2 aliphatic rings. The molecule has 0 N–H and O–H groups in total. The van der Waals surface area contributed by atoms with Crippen molar-refractivity contribution in [3.8, 4) is 11.8 Å². The summed E-state index contributed by atoms with van der Waals surface area (Å²) in [6.07, 6.45) is 1.26.